The van der Waals surface area contributed by atoms with Gasteiger partial charge in [0.25, 0.3) is 11.5 Å². The summed E-state index contributed by atoms with van der Waals surface area (Å²) in [6.07, 6.45) is 1.61. The van der Waals surface area contributed by atoms with Crippen LogP contribution >= 0.6 is 0 Å². The van der Waals surface area contributed by atoms with E-state index < -0.39 is 5.91 Å². The third kappa shape index (κ3) is 4.55. The van der Waals surface area contributed by atoms with Gasteiger partial charge in [-0.1, -0.05) is 0 Å². The minimum atomic E-state index is -0.392. The van der Waals surface area contributed by atoms with Crippen LogP contribution in [-0.4, -0.2) is 40.1 Å². The van der Waals surface area contributed by atoms with Crippen molar-refractivity contribution in [3.05, 3.63) is 46.0 Å². The molecule has 0 atom stereocenters. The number of hydrogen-bond acceptors (Lipinski definition) is 6. The summed E-state index contributed by atoms with van der Waals surface area (Å²) in [5.41, 5.74) is 0.654. The van der Waals surface area contributed by atoms with Crippen molar-refractivity contribution in [2.75, 3.05) is 30.3 Å². The smallest absolute Gasteiger partial charge is 0.263 e. The molecule has 0 aliphatic rings. The average molecular weight is 330 g/mol. The molecule has 2 rings (SSSR count). The molecule has 1 amide bonds. The lowest BCUT2D eigenvalue weighted by molar-refractivity contribution is 0.0953. The minimum Gasteiger partial charge on any atom is -0.370 e. The van der Waals surface area contributed by atoms with E-state index in [1.807, 2.05) is 19.9 Å². The van der Waals surface area contributed by atoms with E-state index in [4.69, 9.17) is 0 Å². The number of carbonyl (C=O) groups is 1. The van der Waals surface area contributed by atoms with E-state index in [1.165, 1.54) is 10.6 Å². The van der Waals surface area contributed by atoms with Crippen LogP contribution in [0.5, 0.6) is 0 Å². The van der Waals surface area contributed by atoms with Gasteiger partial charge in [0.05, 0.1) is 0 Å². The molecule has 2 aromatic heterocycles. The van der Waals surface area contributed by atoms with Gasteiger partial charge in [-0.15, -0.1) is 0 Å². The van der Waals surface area contributed by atoms with Gasteiger partial charge in [0.15, 0.2) is 0 Å². The zero-order chi connectivity index (χ0) is 17.5. The molecule has 0 aliphatic carbocycles. The molecule has 8 heteroatoms. The number of aromatic nitrogens is 3. The summed E-state index contributed by atoms with van der Waals surface area (Å²) < 4.78 is 1.37. The third-order valence-corrected chi connectivity index (χ3v) is 3.27. The van der Waals surface area contributed by atoms with Gasteiger partial charge < -0.3 is 20.5 Å². The number of nitrogens with zero attached hydrogens (tertiary/aromatic N) is 3. The van der Waals surface area contributed by atoms with Gasteiger partial charge in [0.2, 0.25) is 5.95 Å². The summed E-state index contributed by atoms with van der Waals surface area (Å²) in [5, 5.41) is 8.90. The molecule has 3 N–H and O–H groups in total. The molecule has 8 nitrogen and oxygen atoms in total. The molecule has 0 saturated carbocycles. The molecule has 0 radical (unpaired) electrons. The van der Waals surface area contributed by atoms with Crippen molar-refractivity contribution in [2.45, 2.75) is 13.8 Å². The second-order valence-corrected chi connectivity index (χ2v) is 5.27. The molecule has 0 spiro atoms. The second-order valence-electron chi connectivity index (χ2n) is 5.27. The first-order chi connectivity index (χ1) is 11.5. The number of pyridine rings is 1. The van der Waals surface area contributed by atoms with Crippen LogP contribution in [0.2, 0.25) is 0 Å². The fourth-order valence-corrected chi connectivity index (χ4v) is 2.13. The lowest BCUT2D eigenvalue weighted by Crippen LogP contribution is -2.34. The van der Waals surface area contributed by atoms with Crippen molar-refractivity contribution in [3.63, 3.8) is 0 Å². The van der Waals surface area contributed by atoms with Gasteiger partial charge in [-0.2, -0.15) is 4.98 Å². The zero-order valence-corrected chi connectivity index (χ0v) is 14.1. The molecular formula is C16H22N6O2. The van der Waals surface area contributed by atoms with Crippen LogP contribution in [0.1, 0.15) is 23.0 Å². The number of rotatable bonds is 7. The Balaban J connectivity index is 1.88. The Hall–Kier alpha value is -2.90. The lowest BCUT2D eigenvalue weighted by atomic mass is 10.2. The fraction of sp³-hybridized carbons (Fsp3) is 0.375. The van der Waals surface area contributed by atoms with Gasteiger partial charge in [-0.05, 0) is 26.0 Å². The molecule has 0 unspecified atom stereocenters. The highest BCUT2D eigenvalue weighted by atomic mass is 16.2. The molecular weight excluding hydrogens is 308 g/mol. The zero-order valence-electron chi connectivity index (χ0n) is 14.1. The summed E-state index contributed by atoms with van der Waals surface area (Å²) >= 11 is 0. The normalized spacial score (nSPS) is 10.3. The standard InChI is InChI=1S/C16H22N6O2/c1-4-17-13-10-11(2)20-16(21-13)19-8-7-18-14(23)12-6-5-9-22(3)15(12)24/h5-6,9-10H,4,7-8H2,1-3H3,(H,18,23)(H2,17,19,20,21). The number of amides is 1. The third-order valence-electron chi connectivity index (χ3n) is 3.27. The molecule has 128 valence electrons. The van der Waals surface area contributed by atoms with Crippen LogP contribution in [-0.2, 0) is 7.05 Å². The van der Waals surface area contributed by atoms with Crippen LogP contribution in [0.4, 0.5) is 11.8 Å². The number of nitrogens with one attached hydrogen (secondary N) is 3. The quantitative estimate of drug-likeness (QED) is 0.648. The van der Waals surface area contributed by atoms with Crippen LogP contribution in [0.3, 0.4) is 0 Å². The first-order valence-corrected chi connectivity index (χ1v) is 7.78. The predicted octanol–water partition coefficient (Wildman–Crippen LogP) is 0.757. The van der Waals surface area contributed by atoms with E-state index in [0.29, 0.717) is 19.0 Å². The van der Waals surface area contributed by atoms with E-state index in [-0.39, 0.29) is 11.1 Å². The Morgan fingerprint density at radius 1 is 1.25 bits per heavy atom. The summed E-state index contributed by atoms with van der Waals surface area (Å²) in [6.45, 7) is 5.46. The van der Waals surface area contributed by atoms with Crippen LogP contribution < -0.4 is 21.5 Å². The maximum atomic E-state index is 12.0. The number of hydrogen-bond donors (Lipinski definition) is 3. The van der Waals surface area contributed by atoms with Gasteiger partial charge in [-0.25, -0.2) is 4.98 Å². The highest BCUT2D eigenvalue weighted by molar-refractivity contribution is 5.93. The fourth-order valence-electron chi connectivity index (χ4n) is 2.13. The van der Waals surface area contributed by atoms with Crippen LogP contribution in [0.15, 0.2) is 29.2 Å². The highest BCUT2D eigenvalue weighted by Gasteiger charge is 2.10. The van der Waals surface area contributed by atoms with E-state index >= 15 is 0 Å². The van der Waals surface area contributed by atoms with Crippen molar-refractivity contribution in [2.24, 2.45) is 7.05 Å². The average Bonchev–Trinajstić information content (AvgIpc) is 2.54. The van der Waals surface area contributed by atoms with Crippen molar-refractivity contribution >= 4 is 17.7 Å². The molecule has 0 saturated heterocycles. The number of aryl methyl sites for hydroxylation is 2. The molecule has 2 aromatic rings. The van der Waals surface area contributed by atoms with E-state index in [2.05, 4.69) is 25.9 Å². The van der Waals surface area contributed by atoms with Crippen molar-refractivity contribution in [1.29, 1.82) is 0 Å². The van der Waals surface area contributed by atoms with Gasteiger partial charge in [0, 0.05) is 44.6 Å². The minimum absolute atomic E-state index is 0.126. The Labute approximate surface area is 140 Å². The van der Waals surface area contributed by atoms with Crippen molar-refractivity contribution in [1.82, 2.24) is 19.9 Å². The van der Waals surface area contributed by atoms with Crippen LogP contribution in [0.25, 0.3) is 0 Å². The predicted molar refractivity (Wildman–Crippen MR) is 93.4 cm³/mol. The second kappa shape index (κ2) is 8.09. The Morgan fingerprint density at radius 3 is 2.79 bits per heavy atom. The molecule has 0 aromatic carbocycles. The molecule has 24 heavy (non-hydrogen) atoms. The first kappa shape index (κ1) is 17.5. The molecule has 2 heterocycles. The van der Waals surface area contributed by atoms with Crippen molar-refractivity contribution < 1.29 is 4.79 Å². The summed E-state index contributed by atoms with van der Waals surface area (Å²) in [5.74, 6) is 0.858. The molecule has 0 bridgehead atoms. The first-order valence-electron chi connectivity index (χ1n) is 7.78. The monoisotopic (exact) mass is 330 g/mol. The van der Waals surface area contributed by atoms with E-state index in [1.54, 1.807) is 19.3 Å². The molecule has 0 fully saturated rings. The Bertz CT molecular complexity index is 771. The van der Waals surface area contributed by atoms with Gasteiger partial charge in [-0.3, -0.25) is 9.59 Å². The van der Waals surface area contributed by atoms with Crippen LogP contribution in [0, 0.1) is 6.92 Å². The summed E-state index contributed by atoms with van der Waals surface area (Å²) in [4.78, 5) is 32.5. The van der Waals surface area contributed by atoms with Gasteiger partial charge >= 0.3 is 0 Å². The molecule has 0 aliphatic heterocycles. The number of carbonyl (C=O) groups excluding carboxylic acids is 1. The number of anilines is 2. The highest BCUT2D eigenvalue weighted by Crippen LogP contribution is 2.08. The van der Waals surface area contributed by atoms with Gasteiger partial charge in [0.1, 0.15) is 11.4 Å². The van der Waals surface area contributed by atoms with E-state index in [0.717, 1.165) is 18.1 Å². The topological polar surface area (TPSA) is 101 Å². The van der Waals surface area contributed by atoms with Crippen molar-refractivity contribution in [3.8, 4) is 0 Å². The van der Waals surface area contributed by atoms with E-state index in [9.17, 15) is 9.59 Å². The summed E-state index contributed by atoms with van der Waals surface area (Å²) in [6, 6.07) is 5.04. The maximum absolute atomic E-state index is 12.0. The Kier molecular flexibility index (Phi) is 5.89. The SMILES string of the molecule is CCNc1cc(C)nc(NCCNC(=O)c2cccn(C)c2=O)n1. The largest absolute Gasteiger partial charge is 0.370 e. The maximum Gasteiger partial charge on any atom is 0.263 e. The lowest BCUT2D eigenvalue weighted by Gasteiger charge is -2.09. The summed E-state index contributed by atoms with van der Waals surface area (Å²) in [7, 11) is 1.61. The Morgan fingerprint density at radius 2 is 2.04 bits per heavy atom.